The van der Waals surface area contributed by atoms with Crippen LogP contribution in [0.2, 0.25) is 5.02 Å². The molecule has 0 bridgehead atoms. The number of aromatic nitrogens is 2. The molecule has 90 valence electrons. The molecule has 0 aliphatic heterocycles. The zero-order valence-electron chi connectivity index (χ0n) is 9.43. The molecule has 2 aromatic rings. The lowest BCUT2D eigenvalue weighted by Gasteiger charge is -2.00. The van der Waals surface area contributed by atoms with Crippen LogP contribution in [0.4, 0.5) is 0 Å². The summed E-state index contributed by atoms with van der Waals surface area (Å²) in [5.41, 5.74) is 2.09. The van der Waals surface area contributed by atoms with Crippen LogP contribution in [-0.2, 0) is 6.54 Å². The van der Waals surface area contributed by atoms with Crippen molar-refractivity contribution in [1.82, 2.24) is 15.3 Å². The highest BCUT2D eigenvalue weighted by Crippen LogP contribution is 2.27. The Hall–Kier alpha value is -0.840. The summed E-state index contributed by atoms with van der Waals surface area (Å²) >= 11 is 9.36. The highest BCUT2D eigenvalue weighted by atomic mass is 79.9. The minimum atomic E-state index is 0.702. The summed E-state index contributed by atoms with van der Waals surface area (Å²) in [6.45, 7) is 3.83. The first-order chi connectivity index (χ1) is 8.20. The van der Waals surface area contributed by atoms with E-state index in [0.717, 1.165) is 34.6 Å². The van der Waals surface area contributed by atoms with Crippen molar-refractivity contribution in [3.8, 4) is 11.4 Å². The van der Waals surface area contributed by atoms with Crippen molar-refractivity contribution in [3.05, 3.63) is 39.6 Å². The van der Waals surface area contributed by atoms with Crippen molar-refractivity contribution < 1.29 is 0 Å². The molecule has 1 aromatic carbocycles. The fraction of sp³-hybridized carbons (Fsp3) is 0.250. The first-order valence-corrected chi connectivity index (χ1v) is 6.58. The first-order valence-electron chi connectivity index (χ1n) is 5.40. The van der Waals surface area contributed by atoms with Crippen molar-refractivity contribution in [1.29, 1.82) is 0 Å². The van der Waals surface area contributed by atoms with Gasteiger partial charge in [-0.3, -0.25) is 0 Å². The molecular formula is C12H13BrClN3. The molecule has 1 heterocycles. The summed E-state index contributed by atoms with van der Waals surface area (Å²) in [5, 5.41) is 3.95. The number of halogens is 2. The Kier molecular flexibility index (Phi) is 4.20. The first kappa shape index (κ1) is 12.6. The maximum Gasteiger partial charge on any atom is 0.137 e. The van der Waals surface area contributed by atoms with Gasteiger partial charge < -0.3 is 10.3 Å². The average Bonchev–Trinajstić information content (AvgIpc) is 2.79. The van der Waals surface area contributed by atoms with Crippen molar-refractivity contribution in [3.63, 3.8) is 0 Å². The average molecular weight is 315 g/mol. The summed E-state index contributed by atoms with van der Waals surface area (Å²) in [6.07, 6.45) is 1.85. The lowest BCUT2D eigenvalue weighted by atomic mass is 10.2. The summed E-state index contributed by atoms with van der Waals surface area (Å²) in [7, 11) is 0. The van der Waals surface area contributed by atoms with Gasteiger partial charge in [-0.1, -0.05) is 18.5 Å². The zero-order chi connectivity index (χ0) is 12.3. The van der Waals surface area contributed by atoms with Gasteiger partial charge in [-0.15, -0.1) is 0 Å². The molecule has 1 aromatic heterocycles. The molecule has 0 fully saturated rings. The number of hydrogen-bond donors (Lipinski definition) is 2. The maximum absolute atomic E-state index is 5.95. The highest BCUT2D eigenvalue weighted by Gasteiger charge is 2.05. The van der Waals surface area contributed by atoms with Gasteiger partial charge in [0.25, 0.3) is 0 Å². The van der Waals surface area contributed by atoms with Crippen LogP contribution < -0.4 is 5.32 Å². The monoisotopic (exact) mass is 313 g/mol. The lowest BCUT2D eigenvalue weighted by molar-refractivity contribution is 0.714. The van der Waals surface area contributed by atoms with E-state index in [2.05, 4.69) is 38.1 Å². The number of imidazole rings is 1. The minimum absolute atomic E-state index is 0.702. The second-order valence-corrected chi connectivity index (χ2v) is 4.93. The largest absolute Gasteiger partial charge is 0.341 e. The number of H-pyrrole nitrogens is 1. The second-order valence-electron chi connectivity index (χ2n) is 3.67. The van der Waals surface area contributed by atoms with Crippen molar-refractivity contribution in [2.24, 2.45) is 0 Å². The third kappa shape index (κ3) is 3.09. The van der Waals surface area contributed by atoms with Gasteiger partial charge in [0.05, 0.1) is 5.02 Å². The molecule has 2 rings (SSSR count). The van der Waals surface area contributed by atoms with E-state index < -0.39 is 0 Å². The quantitative estimate of drug-likeness (QED) is 0.905. The van der Waals surface area contributed by atoms with Crippen molar-refractivity contribution in [2.45, 2.75) is 13.5 Å². The van der Waals surface area contributed by atoms with E-state index in [0.29, 0.717) is 5.02 Å². The minimum Gasteiger partial charge on any atom is -0.341 e. The van der Waals surface area contributed by atoms with Gasteiger partial charge in [-0.05, 0) is 40.7 Å². The normalized spacial score (nSPS) is 10.8. The van der Waals surface area contributed by atoms with E-state index >= 15 is 0 Å². The van der Waals surface area contributed by atoms with Gasteiger partial charge in [0, 0.05) is 28.5 Å². The molecule has 0 saturated carbocycles. The topological polar surface area (TPSA) is 40.7 Å². The SMILES string of the molecule is CCNCc1cnc(-c2ccc(Cl)c(Br)c2)[nH]1. The fourth-order valence-corrected chi connectivity index (χ4v) is 2.00. The Labute approximate surface area is 114 Å². The molecule has 0 aliphatic carbocycles. The molecule has 0 aliphatic rings. The summed E-state index contributed by atoms with van der Waals surface area (Å²) in [6, 6.07) is 5.76. The van der Waals surface area contributed by atoms with Gasteiger partial charge in [-0.25, -0.2) is 4.98 Å². The third-order valence-electron chi connectivity index (χ3n) is 2.39. The van der Waals surface area contributed by atoms with E-state index in [1.165, 1.54) is 0 Å². The van der Waals surface area contributed by atoms with Crippen LogP contribution in [0.25, 0.3) is 11.4 Å². The molecule has 17 heavy (non-hydrogen) atoms. The van der Waals surface area contributed by atoms with Crippen LogP contribution >= 0.6 is 27.5 Å². The summed E-state index contributed by atoms with van der Waals surface area (Å²) in [4.78, 5) is 7.62. The molecule has 0 amide bonds. The molecule has 2 N–H and O–H groups in total. The molecule has 0 spiro atoms. The van der Waals surface area contributed by atoms with E-state index in [4.69, 9.17) is 11.6 Å². The van der Waals surface area contributed by atoms with Crippen LogP contribution in [0.3, 0.4) is 0 Å². The summed E-state index contributed by atoms with van der Waals surface area (Å²) in [5.74, 6) is 0.857. The van der Waals surface area contributed by atoms with E-state index in [1.807, 2.05) is 24.4 Å². The number of rotatable bonds is 4. The molecule has 0 unspecified atom stereocenters. The Morgan fingerprint density at radius 3 is 3.00 bits per heavy atom. The van der Waals surface area contributed by atoms with Crippen LogP contribution in [0.15, 0.2) is 28.9 Å². The fourth-order valence-electron chi connectivity index (χ4n) is 1.50. The number of aromatic amines is 1. The smallest absolute Gasteiger partial charge is 0.137 e. The molecule has 0 atom stereocenters. The van der Waals surface area contributed by atoms with Gasteiger partial charge in [-0.2, -0.15) is 0 Å². The Balaban J connectivity index is 2.21. The zero-order valence-corrected chi connectivity index (χ0v) is 11.8. The van der Waals surface area contributed by atoms with Crippen LogP contribution in [0.1, 0.15) is 12.6 Å². The van der Waals surface area contributed by atoms with Crippen molar-refractivity contribution in [2.75, 3.05) is 6.54 Å². The van der Waals surface area contributed by atoms with E-state index in [-0.39, 0.29) is 0 Å². The Morgan fingerprint density at radius 1 is 1.47 bits per heavy atom. The third-order valence-corrected chi connectivity index (χ3v) is 3.60. The highest BCUT2D eigenvalue weighted by molar-refractivity contribution is 9.10. The molecule has 3 nitrogen and oxygen atoms in total. The van der Waals surface area contributed by atoms with Crippen molar-refractivity contribution >= 4 is 27.5 Å². The number of hydrogen-bond acceptors (Lipinski definition) is 2. The number of nitrogens with one attached hydrogen (secondary N) is 2. The lowest BCUT2D eigenvalue weighted by Crippen LogP contribution is -2.11. The number of nitrogens with zero attached hydrogens (tertiary/aromatic N) is 1. The van der Waals surface area contributed by atoms with Gasteiger partial charge in [0.1, 0.15) is 5.82 Å². The summed E-state index contributed by atoms with van der Waals surface area (Å²) < 4.78 is 0.876. The number of benzene rings is 1. The molecule has 0 saturated heterocycles. The van der Waals surface area contributed by atoms with E-state index in [1.54, 1.807) is 0 Å². The molecule has 5 heteroatoms. The van der Waals surface area contributed by atoms with Gasteiger partial charge in [0.2, 0.25) is 0 Å². The molecule has 0 radical (unpaired) electrons. The van der Waals surface area contributed by atoms with Crippen LogP contribution in [0.5, 0.6) is 0 Å². The van der Waals surface area contributed by atoms with Crippen LogP contribution in [-0.4, -0.2) is 16.5 Å². The standard InChI is InChI=1S/C12H13BrClN3/c1-2-15-6-9-7-16-12(17-9)8-3-4-11(14)10(13)5-8/h3-5,7,15H,2,6H2,1H3,(H,16,17). The predicted octanol–water partition coefficient (Wildman–Crippen LogP) is 3.60. The van der Waals surface area contributed by atoms with E-state index in [9.17, 15) is 0 Å². The molecular weight excluding hydrogens is 302 g/mol. The van der Waals surface area contributed by atoms with Crippen LogP contribution in [0, 0.1) is 0 Å². The Bertz CT molecular complexity index is 510. The van der Waals surface area contributed by atoms with Gasteiger partial charge in [0.15, 0.2) is 0 Å². The second kappa shape index (κ2) is 5.67. The Morgan fingerprint density at radius 2 is 2.29 bits per heavy atom. The predicted molar refractivity (Wildman–Crippen MR) is 74.1 cm³/mol. The maximum atomic E-state index is 5.95. The van der Waals surface area contributed by atoms with Gasteiger partial charge >= 0.3 is 0 Å².